The van der Waals surface area contributed by atoms with Gasteiger partial charge in [-0.25, -0.2) is 4.39 Å². The zero-order valence-corrected chi connectivity index (χ0v) is 13.8. The maximum absolute atomic E-state index is 13.1. The van der Waals surface area contributed by atoms with E-state index in [1.165, 1.54) is 18.6 Å². The minimum Gasteiger partial charge on any atom is -0.489 e. The summed E-state index contributed by atoms with van der Waals surface area (Å²) in [5.41, 5.74) is 5.89. The number of rotatable bonds is 7. The minimum absolute atomic E-state index is 0.0204. The normalized spacial score (nSPS) is 18.2. The first-order valence-corrected chi connectivity index (χ1v) is 8.42. The van der Waals surface area contributed by atoms with E-state index in [1.807, 2.05) is 6.92 Å². The van der Waals surface area contributed by atoms with Crippen molar-refractivity contribution in [2.75, 3.05) is 13.1 Å². The Morgan fingerprint density at radius 1 is 1.39 bits per heavy atom. The van der Waals surface area contributed by atoms with Crippen molar-refractivity contribution >= 4 is 5.91 Å². The van der Waals surface area contributed by atoms with E-state index in [1.54, 1.807) is 12.1 Å². The van der Waals surface area contributed by atoms with E-state index in [4.69, 9.17) is 10.5 Å². The van der Waals surface area contributed by atoms with Crippen molar-refractivity contribution in [1.82, 2.24) is 5.32 Å². The van der Waals surface area contributed by atoms with Gasteiger partial charge in [0.05, 0.1) is 6.54 Å². The molecule has 1 aliphatic rings. The van der Waals surface area contributed by atoms with Crippen LogP contribution in [0.3, 0.4) is 0 Å². The van der Waals surface area contributed by atoms with Crippen LogP contribution >= 0.6 is 0 Å². The van der Waals surface area contributed by atoms with Crippen molar-refractivity contribution in [3.63, 3.8) is 0 Å². The average molecular weight is 322 g/mol. The van der Waals surface area contributed by atoms with Crippen LogP contribution in [0.15, 0.2) is 24.3 Å². The summed E-state index contributed by atoms with van der Waals surface area (Å²) < 4.78 is 18.7. The first-order chi connectivity index (χ1) is 11.0. The lowest BCUT2D eigenvalue weighted by atomic mass is 9.71. The number of nitrogens with one attached hydrogen (secondary N) is 1. The molecule has 1 atom stereocenters. The Balaban J connectivity index is 1.77. The lowest BCUT2D eigenvalue weighted by Crippen LogP contribution is -2.40. The first kappa shape index (κ1) is 17.7. The number of ether oxygens (including phenoxy) is 1. The molecule has 1 aliphatic carbocycles. The van der Waals surface area contributed by atoms with Crippen molar-refractivity contribution in [3.8, 4) is 5.75 Å². The second-order valence-corrected chi connectivity index (χ2v) is 6.63. The van der Waals surface area contributed by atoms with Gasteiger partial charge in [-0.1, -0.05) is 25.3 Å². The van der Waals surface area contributed by atoms with E-state index in [-0.39, 0.29) is 23.2 Å². The van der Waals surface area contributed by atoms with Gasteiger partial charge in [-0.05, 0) is 43.9 Å². The van der Waals surface area contributed by atoms with Crippen LogP contribution in [0.1, 0.15) is 45.4 Å². The van der Waals surface area contributed by atoms with E-state index >= 15 is 0 Å². The van der Waals surface area contributed by atoms with E-state index in [0.717, 1.165) is 25.7 Å². The number of hydrogen-bond donors (Lipinski definition) is 2. The summed E-state index contributed by atoms with van der Waals surface area (Å²) >= 11 is 0. The molecule has 1 unspecified atom stereocenters. The molecule has 0 aliphatic heterocycles. The highest BCUT2D eigenvalue weighted by Crippen LogP contribution is 2.38. The highest BCUT2D eigenvalue weighted by atomic mass is 19.1. The van der Waals surface area contributed by atoms with Crippen LogP contribution in [-0.4, -0.2) is 25.1 Å². The summed E-state index contributed by atoms with van der Waals surface area (Å²) in [6.07, 6.45) is 5.88. The zero-order chi connectivity index (χ0) is 16.7. The third-order valence-corrected chi connectivity index (χ3v) is 4.60. The van der Waals surface area contributed by atoms with Crippen LogP contribution in [0.25, 0.3) is 0 Å². The molecule has 1 aromatic rings. The molecular weight excluding hydrogens is 295 g/mol. The van der Waals surface area contributed by atoms with Crippen molar-refractivity contribution in [1.29, 1.82) is 0 Å². The smallest absolute Gasteiger partial charge is 0.220 e. The molecule has 1 amide bonds. The van der Waals surface area contributed by atoms with Crippen LogP contribution in [0.4, 0.5) is 4.39 Å². The quantitative estimate of drug-likeness (QED) is 0.811. The lowest BCUT2D eigenvalue weighted by molar-refractivity contribution is -0.124. The summed E-state index contributed by atoms with van der Waals surface area (Å²) in [6, 6.07) is 6.01. The second-order valence-electron chi connectivity index (χ2n) is 6.63. The standard InChI is InChI=1S/C18H27FN2O2/c1-14(23-16-7-5-6-15(19)10-16)12-21-17(22)11-18(13-20)8-3-2-4-9-18/h5-7,10,14H,2-4,8-9,11-13,20H2,1H3,(H,21,22). The topological polar surface area (TPSA) is 64.4 Å². The Morgan fingerprint density at radius 2 is 2.13 bits per heavy atom. The summed E-state index contributed by atoms with van der Waals surface area (Å²) in [4.78, 5) is 12.2. The Hall–Kier alpha value is -1.62. The van der Waals surface area contributed by atoms with Gasteiger partial charge in [0.15, 0.2) is 0 Å². The Morgan fingerprint density at radius 3 is 2.78 bits per heavy atom. The van der Waals surface area contributed by atoms with Gasteiger partial charge < -0.3 is 15.8 Å². The maximum atomic E-state index is 13.1. The predicted molar refractivity (Wildman–Crippen MR) is 88.7 cm³/mol. The molecule has 0 aromatic heterocycles. The number of nitrogens with two attached hydrogens (primary N) is 1. The largest absolute Gasteiger partial charge is 0.489 e. The Labute approximate surface area is 137 Å². The van der Waals surface area contributed by atoms with Gasteiger partial charge in [0.2, 0.25) is 5.91 Å². The Kier molecular flexibility index (Phi) is 6.39. The number of amides is 1. The number of halogens is 1. The summed E-state index contributed by atoms with van der Waals surface area (Å²) in [5.74, 6) is 0.158. The van der Waals surface area contributed by atoms with Crippen molar-refractivity contribution in [2.45, 2.75) is 51.6 Å². The molecule has 2 rings (SSSR count). The van der Waals surface area contributed by atoms with Gasteiger partial charge in [-0.15, -0.1) is 0 Å². The van der Waals surface area contributed by atoms with E-state index in [2.05, 4.69) is 5.32 Å². The summed E-state index contributed by atoms with van der Waals surface area (Å²) in [6.45, 7) is 2.82. The molecule has 5 heteroatoms. The van der Waals surface area contributed by atoms with Gasteiger partial charge in [-0.2, -0.15) is 0 Å². The fourth-order valence-corrected chi connectivity index (χ4v) is 3.23. The van der Waals surface area contributed by atoms with Crippen molar-refractivity contribution < 1.29 is 13.9 Å². The SMILES string of the molecule is CC(CNC(=O)CC1(CN)CCCCC1)Oc1cccc(F)c1. The number of benzene rings is 1. The van der Waals surface area contributed by atoms with E-state index in [0.29, 0.717) is 25.3 Å². The lowest BCUT2D eigenvalue weighted by Gasteiger charge is -2.35. The number of hydrogen-bond acceptors (Lipinski definition) is 3. The van der Waals surface area contributed by atoms with Crippen molar-refractivity contribution in [3.05, 3.63) is 30.1 Å². The molecule has 0 bridgehead atoms. The van der Waals surface area contributed by atoms with Crippen LogP contribution < -0.4 is 15.8 Å². The minimum atomic E-state index is -0.332. The van der Waals surface area contributed by atoms with E-state index < -0.39 is 0 Å². The van der Waals surface area contributed by atoms with Gasteiger partial charge in [0, 0.05) is 12.5 Å². The zero-order valence-electron chi connectivity index (χ0n) is 13.8. The fourth-order valence-electron chi connectivity index (χ4n) is 3.23. The molecular formula is C18H27FN2O2. The summed E-state index contributed by atoms with van der Waals surface area (Å²) in [7, 11) is 0. The fraction of sp³-hybridized carbons (Fsp3) is 0.611. The van der Waals surface area contributed by atoms with Gasteiger partial charge in [0.25, 0.3) is 0 Å². The molecule has 3 N–H and O–H groups in total. The molecule has 0 heterocycles. The van der Waals surface area contributed by atoms with Gasteiger partial charge in [0.1, 0.15) is 17.7 Å². The van der Waals surface area contributed by atoms with Crippen LogP contribution in [0, 0.1) is 11.2 Å². The molecule has 23 heavy (non-hydrogen) atoms. The molecule has 0 saturated heterocycles. The highest BCUT2D eigenvalue weighted by molar-refractivity contribution is 5.76. The number of carbonyl (C=O) groups is 1. The molecule has 1 aromatic carbocycles. The van der Waals surface area contributed by atoms with Crippen LogP contribution in [-0.2, 0) is 4.79 Å². The monoisotopic (exact) mass is 322 g/mol. The van der Waals surface area contributed by atoms with Crippen LogP contribution in [0.2, 0.25) is 0 Å². The molecule has 4 nitrogen and oxygen atoms in total. The third-order valence-electron chi connectivity index (χ3n) is 4.60. The second kappa shape index (κ2) is 8.29. The molecule has 128 valence electrons. The van der Waals surface area contributed by atoms with Gasteiger partial charge in [-0.3, -0.25) is 4.79 Å². The predicted octanol–water partition coefficient (Wildman–Crippen LogP) is 3.01. The molecule has 0 spiro atoms. The summed E-state index contributed by atoms with van der Waals surface area (Å²) in [5, 5.41) is 2.91. The molecule has 1 fully saturated rings. The first-order valence-electron chi connectivity index (χ1n) is 8.42. The number of carbonyl (C=O) groups excluding carboxylic acids is 1. The molecule has 1 saturated carbocycles. The average Bonchev–Trinajstić information content (AvgIpc) is 2.54. The molecule has 0 radical (unpaired) electrons. The van der Waals surface area contributed by atoms with E-state index in [9.17, 15) is 9.18 Å². The van der Waals surface area contributed by atoms with Crippen molar-refractivity contribution in [2.24, 2.45) is 11.1 Å². The third kappa shape index (κ3) is 5.50. The maximum Gasteiger partial charge on any atom is 0.220 e. The van der Waals surface area contributed by atoms with Crippen LogP contribution in [0.5, 0.6) is 5.75 Å². The highest BCUT2D eigenvalue weighted by Gasteiger charge is 2.32. The van der Waals surface area contributed by atoms with Gasteiger partial charge >= 0.3 is 0 Å². The Bertz CT molecular complexity index is 515.